The average Bonchev–Trinajstić information content (AvgIpc) is 2.36. The summed E-state index contributed by atoms with van der Waals surface area (Å²) in [5, 5.41) is 2.03. The van der Waals surface area contributed by atoms with Gasteiger partial charge in [0.05, 0.1) is 7.11 Å². The molecule has 1 rings (SSSR count). The highest BCUT2D eigenvalue weighted by Crippen LogP contribution is 2.15. The largest absolute Gasteiger partial charge is 0.467 e. The predicted molar refractivity (Wildman–Crippen MR) is 63.0 cm³/mol. The number of methoxy groups -OCH3 is 1. The summed E-state index contributed by atoms with van der Waals surface area (Å²) in [5.41, 5.74) is -1.00. The van der Waals surface area contributed by atoms with Crippen LogP contribution in [-0.4, -0.2) is 25.0 Å². The maximum Gasteiger partial charge on any atom is 0.329 e. The summed E-state index contributed by atoms with van der Waals surface area (Å²) >= 11 is 0. The quantitative estimate of drug-likeness (QED) is 0.672. The predicted octanol–water partition coefficient (Wildman–Crippen LogP) is 1.40. The van der Waals surface area contributed by atoms with Crippen molar-refractivity contribution >= 4 is 11.9 Å². The summed E-state index contributed by atoms with van der Waals surface area (Å²) in [6.45, 7) is 0. The summed E-state index contributed by atoms with van der Waals surface area (Å²) < 4.78 is 43.9. The van der Waals surface area contributed by atoms with Crippen LogP contribution in [0.25, 0.3) is 0 Å². The molecule has 1 aromatic rings. The van der Waals surface area contributed by atoms with Crippen LogP contribution in [0.2, 0.25) is 0 Å². The van der Waals surface area contributed by atoms with Gasteiger partial charge >= 0.3 is 5.97 Å². The summed E-state index contributed by atoms with van der Waals surface area (Å²) in [4.78, 5) is 23.0. The van der Waals surface area contributed by atoms with E-state index in [0.29, 0.717) is 12.1 Å². The fraction of sp³-hybridized carbons (Fsp3) is 0.231. The number of hydrogen-bond donors (Lipinski definition) is 1. The molecular formula is C13H10F3NO3. The second-order valence-electron chi connectivity index (χ2n) is 3.70. The molecule has 1 amide bonds. The first-order chi connectivity index (χ1) is 9.40. The highest BCUT2D eigenvalue weighted by atomic mass is 19.1. The number of ether oxygens (including phenoxy) is 1. The van der Waals surface area contributed by atoms with Crippen molar-refractivity contribution in [2.45, 2.75) is 12.5 Å². The van der Waals surface area contributed by atoms with Gasteiger partial charge in [-0.25, -0.2) is 18.0 Å². The van der Waals surface area contributed by atoms with Gasteiger partial charge in [0.1, 0.15) is 29.1 Å². The molecule has 1 N–H and O–H groups in total. The fourth-order valence-corrected chi connectivity index (χ4v) is 1.44. The Labute approximate surface area is 112 Å². The van der Waals surface area contributed by atoms with Crippen molar-refractivity contribution < 1.29 is 27.5 Å². The lowest BCUT2D eigenvalue weighted by atomic mass is 10.1. The lowest BCUT2D eigenvalue weighted by Gasteiger charge is -2.14. The highest BCUT2D eigenvalue weighted by molar-refractivity contribution is 5.97. The third-order valence-electron chi connectivity index (χ3n) is 2.35. The first kappa shape index (κ1) is 15.6. The first-order valence-corrected chi connectivity index (χ1v) is 5.37. The molecule has 4 nitrogen and oxygen atoms in total. The molecule has 0 aromatic heterocycles. The number of hydrogen-bond acceptors (Lipinski definition) is 3. The molecule has 0 spiro atoms. The van der Waals surface area contributed by atoms with Gasteiger partial charge < -0.3 is 10.1 Å². The fourth-order valence-electron chi connectivity index (χ4n) is 1.44. The molecule has 7 heteroatoms. The Morgan fingerprint density at radius 3 is 2.35 bits per heavy atom. The van der Waals surface area contributed by atoms with Gasteiger partial charge in [-0.05, 0) is 0 Å². The van der Waals surface area contributed by atoms with Gasteiger partial charge in [0.25, 0.3) is 5.91 Å². The zero-order valence-electron chi connectivity index (χ0n) is 10.4. The maximum atomic E-state index is 13.4. The van der Waals surface area contributed by atoms with Crippen molar-refractivity contribution in [2.75, 3.05) is 7.11 Å². The number of benzene rings is 1. The van der Waals surface area contributed by atoms with Gasteiger partial charge in [0, 0.05) is 18.6 Å². The molecule has 0 bridgehead atoms. The molecule has 0 saturated heterocycles. The van der Waals surface area contributed by atoms with Crippen molar-refractivity contribution in [3.63, 3.8) is 0 Å². The van der Waals surface area contributed by atoms with E-state index in [4.69, 9.17) is 6.42 Å². The highest BCUT2D eigenvalue weighted by Gasteiger charge is 2.25. The van der Waals surface area contributed by atoms with Gasteiger partial charge in [-0.15, -0.1) is 12.3 Å². The Balaban J connectivity index is 3.01. The van der Waals surface area contributed by atoms with Crippen molar-refractivity contribution in [1.82, 2.24) is 5.32 Å². The summed E-state index contributed by atoms with van der Waals surface area (Å²) in [7, 11) is 1.07. The van der Waals surface area contributed by atoms with E-state index < -0.39 is 40.9 Å². The molecule has 0 aliphatic rings. The zero-order valence-corrected chi connectivity index (χ0v) is 10.4. The van der Waals surface area contributed by atoms with Crippen molar-refractivity contribution in [3.05, 3.63) is 35.1 Å². The molecule has 0 unspecified atom stereocenters. The summed E-state index contributed by atoms with van der Waals surface area (Å²) in [6, 6.07) is -0.542. The molecule has 0 heterocycles. The Kier molecular flexibility index (Phi) is 5.15. The lowest BCUT2D eigenvalue weighted by Crippen LogP contribution is -2.41. The van der Waals surface area contributed by atoms with Crippen molar-refractivity contribution in [1.29, 1.82) is 0 Å². The lowest BCUT2D eigenvalue weighted by molar-refractivity contribution is -0.142. The van der Waals surface area contributed by atoms with E-state index in [9.17, 15) is 22.8 Å². The second-order valence-corrected chi connectivity index (χ2v) is 3.70. The van der Waals surface area contributed by atoms with E-state index in [-0.39, 0.29) is 6.42 Å². The molecule has 106 valence electrons. The van der Waals surface area contributed by atoms with Crippen molar-refractivity contribution in [3.8, 4) is 12.3 Å². The van der Waals surface area contributed by atoms with E-state index in [1.165, 1.54) is 0 Å². The Hall–Kier alpha value is -2.49. The minimum Gasteiger partial charge on any atom is -0.467 e. The van der Waals surface area contributed by atoms with E-state index in [2.05, 4.69) is 10.7 Å². The molecule has 0 aliphatic carbocycles. The number of halogens is 3. The molecular weight excluding hydrogens is 275 g/mol. The van der Waals surface area contributed by atoms with Gasteiger partial charge in [-0.1, -0.05) is 0 Å². The number of terminal acetylenes is 1. The van der Waals surface area contributed by atoms with Crippen LogP contribution in [0.5, 0.6) is 0 Å². The van der Waals surface area contributed by atoms with Gasteiger partial charge in [0.2, 0.25) is 0 Å². The number of nitrogens with one attached hydrogen (secondary N) is 1. The minimum absolute atomic E-state index is 0.219. The number of amides is 1. The van der Waals surface area contributed by atoms with Crippen LogP contribution >= 0.6 is 0 Å². The summed E-state index contributed by atoms with van der Waals surface area (Å²) in [5.74, 6) is -3.91. The molecule has 0 fully saturated rings. The Bertz CT molecular complexity index is 558. The number of esters is 1. The van der Waals surface area contributed by atoms with Crippen LogP contribution in [0.3, 0.4) is 0 Å². The second kappa shape index (κ2) is 6.61. The van der Waals surface area contributed by atoms with Crippen molar-refractivity contribution in [2.24, 2.45) is 0 Å². The average molecular weight is 285 g/mol. The van der Waals surface area contributed by atoms with Crippen LogP contribution in [0, 0.1) is 29.8 Å². The molecule has 20 heavy (non-hydrogen) atoms. The summed E-state index contributed by atoms with van der Waals surface area (Å²) in [6.07, 6.45) is 4.79. The molecule has 0 saturated carbocycles. The van der Waals surface area contributed by atoms with Gasteiger partial charge in [0.15, 0.2) is 0 Å². The van der Waals surface area contributed by atoms with E-state index in [0.717, 1.165) is 7.11 Å². The van der Waals surface area contributed by atoms with E-state index in [1.807, 2.05) is 5.32 Å². The number of carbonyl (C=O) groups excluding carboxylic acids is 2. The molecule has 0 aliphatic heterocycles. The molecule has 1 atom stereocenters. The van der Waals surface area contributed by atoms with Crippen LogP contribution < -0.4 is 5.32 Å². The maximum absolute atomic E-state index is 13.4. The van der Waals surface area contributed by atoms with Crippen LogP contribution in [-0.2, 0) is 9.53 Å². The van der Waals surface area contributed by atoms with Crippen LogP contribution in [0.15, 0.2) is 12.1 Å². The third-order valence-corrected chi connectivity index (χ3v) is 2.35. The van der Waals surface area contributed by atoms with Gasteiger partial charge in [-0.3, -0.25) is 4.79 Å². The Morgan fingerprint density at radius 1 is 1.35 bits per heavy atom. The minimum atomic E-state index is -1.38. The third kappa shape index (κ3) is 3.51. The Morgan fingerprint density at radius 2 is 1.90 bits per heavy atom. The molecule has 0 radical (unpaired) electrons. The number of carbonyl (C=O) groups is 2. The number of rotatable bonds is 4. The van der Waals surface area contributed by atoms with E-state index >= 15 is 0 Å². The normalized spacial score (nSPS) is 11.3. The SMILES string of the molecule is C#CC[C@@H](NC(=O)c1c(F)cc(F)cc1F)C(=O)OC. The zero-order chi connectivity index (χ0) is 15.3. The smallest absolute Gasteiger partial charge is 0.329 e. The van der Waals surface area contributed by atoms with E-state index in [1.54, 1.807) is 0 Å². The monoisotopic (exact) mass is 285 g/mol. The van der Waals surface area contributed by atoms with Gasteiger partial charge in [-0.2, -0.15) is 0 Å². The first-order valence-electron chi connectivity index (χ1n) is 5.37. The molecule has 1 aromatic carbocycles. The topological polar surface area (TPSA) is 55.4 Å². The van der Waals surface area contributed by atoms with Crippen LogP contribution in [0.4, 0.5) is 13.2 Å². The standard InChI is InChI=1S/C13H10F3NO3/c1-3-4-10(13(19)20-2)17-12(18)11-8(15)5-7(14)6-9(11)16/h1,5-6,10H,4H2,2H3,(H,17,18)/t10-/m1/s1. The van der Waals surface area contributed by atoms with Crippen LogP contribution in [0.1, 0.15) is 16.8 Å².